The van der Waals surface area contributed by atoms with Gasteiger partial charge in [0.25, 0.3) is 0 Å². The number of esters is 1. The Bertz CT molecular complexity index is 771. The Labute approximate surface area is 146 Å². The van der Waals surface area contributed by atoms with Gasteiger partial charge in [-0.3, -0.25) is 4.79 Å². The predicted octanol–water partition coefficient (Wildman–Crippen LogP) is 3.91. The van der Waals surface area contributed by atoms with Crippen LogP contribution in [0.4, 0.5) is 0 Å². The molecule has 0 N–H and O–H groups in total. The summed E-state index contributed by atoms with van der Waals surface area (Å²) in [5.41, 5.74) is 2.23. The third kappa shape index (κ3) is 3.85. The number of carbonyl (C=O) groups excluding carboxylic acids is 2. The summed E-state index contributed by atoms with van der Waals surface area (Å²) in [6, 6.07) is 6.81. The highest BCUT2D eigenvalue weighted by Crippen LogP contribution is 2.22. The topological polar surface area (TPSA) is 61.2 Å². The van der Waals surface area contributed by atoms with E-state index in [4.69, 9.17) is 16.3 Å². The first kappa shape index (κ1) is 18.2. The largest absolute Gasteiger partial charge is 0.454 e. The Balaban J connectivity index is 2.10. The molecule has 1 aromatic carbocycles. The number of ether oxygens (including phenoxy) is 1. The number of halogens is 1. The minimum absolute atomic E-state index is 0.121. The van der Waals surface area contributed by atoms with Crippen LogP contribution in [0.2, 0.25) is 5.02 Å². The maximum atomic E-state index is 12.0. The fourth-order valence-electron chi connectivity index (χ4n) is 2.04. The molecule has 0 aliphatic rings. The minimum Gasteiger partial charge on any atom is -0.454 e. The van der Waals surface area contributed by atoms with Gasteiger partial charge in [-0.1, -0.05) is 32.4 Å². The Hall–Kier alpha value is -2.14. The van der Waals surface area contributed by atoms with E-state index >= 15 is 0 Å². The second-order valence-corrected chi connectivity index (χ2v) is 7.07. The van der Waals surface area contributed by atoms with Gasteiger partial charge in [-0.05, 0) is 38.1 Å². The molecule has 2 aromatic rings. The van der Waals surface area contributed by atoms with Crippen LogP contribution in [0.15, 0.2) is 24.3 Å². The Morgan fingerprint density at radius 2 is 1.75 bits per heavy atom. The van der Waals surface area contributed by atoms with Crippen LogP contribution >= 0.6 is 11.6 Å². The summed E-state index contributed by atoms with van der Waals surface area (Å²) >= 11 is 6.15. The molecular formula is C18H21ClN2O3. The van der Waals surface area contributed by atoms with Gasteiger partial charge in [0.1, 0.15) is 0 Å². The van der Waals surface area contributed by atoms with Gasteiger partial charge in [0.05, 0.1) is 27.7 Å². The summed E-state index contributed by atoms with van der Waals surface area (Å²) in [5.74, 6) is -0.643. The van der Waals surface area contributed by atoms with Gasteiger partial charge in [-0.15, -0.1) is 0 Å². The normalized spacial score (nSPS) is 11.4. The third-order valence-corrected chi connectivity index (χ3v) is 4.27. The monoisotopic (exact) mass is 348 g/mol. The summed E-state index contributed by atoms with van der Waals surface area (Å²) in [6.45, 7) is 8.86. The van der Waals surface area contributed by atoms with Crippen molar-refractivity contribution in [3.05, 3.63) is 46.2 Å². The van der Waals surface area contributed by atoms with E-state index in [-0.39, 0.29) is 12.4 Å². The zero-order chi connectivity index (χ0) is 18.1. The molecule has 0 aliphatic heterocycles. The van der Waals surface area contributed by atoms with Gasteiger partial charge < -0.3 is 4.74 Å². The molecule has 0 saturated carbocycles. The lowest BCUT2D eigenvalue weighted by Crippen LogP contribution is -2.26. The molecule has 0 amide bonds. The van der Waals surface area contributed by atoms with Crippen LogP contribution in [0.3, 0.4) is 0 Å². The number of Topliss-reactive ketones (excluding diaryl/α,β-unsaturated/α-hetero) is 1. The van der Waals surface area contributed by atoms with Crippen molar-refractivity contribution in [1.29, 1.82) is 0 Å². The van der Waals surface area contributed by atoms with E-state index in [2.05, 4.69) is 5.10 Å². The first-order chi connectivity index (χ1) is 11.1. The standard InChI is InChI=1S/C18H21ClN2O3/c1-11-16(19)12(2)21(20-11)14-8-6-13(7-9-14)17(23)24-10-15(22)18(3,4)5/h6-9H,10H2,1-5H3. The van der Waals surface area contributed by atoms with E-state index in [0.29, 0.717) is 10.6 Å². The van der Waals surface area contributed by atoms with Gasteiger partial charge >= 0.3 is 5.97 Å². The van der Waals surface area contributed by atoms with Crippen molar-refractivity contribution < 1.29 is 14.3 Å². The molecule has 0 radical (unpaired) electrons. The van der Waals surface area contributed by atoms with Gasteiger partial charge in [-0.2, -0.15) is 5.10 Å². The van der Waals surface area contributed by atoms with E-state index in [1.54, 1.807) is 49.7 Å². The first-order valence-corrected chi connectivity index (χ1v) is 8.01. The molecule has 0 saturated heterocycles. The Morgan fingerprint density at radius 1 is 1.17 bits per heavy atom. The molecule has 24 heavy (non-hydrogen) atoms. The second-order valence-electron chi connectivity index (χ2n) is 6.69. The van der Waals surface area contributed by atoms with Crippen molar-refractivity contribution in [1.82, 2.24) is 9.78 Å². The van der Waals surface area contributed by atoms with Crippen molar-refractivity contribution in [2.45, 2.75) is 34.6 Å². The Morgan fingerprint density at radius 3 is 2.21 bits per heavy atom. The summed E-state index contributed by atoms with van der Waals surface area (Å²) < 4.78 is 6.80. The molecule has 0 spiro atoms. The van der Waals surface area contributed by atoms with Crippen molar-refractivity contribution in [3.63, 3.8) is 0 Å². The summed E-state index contributed by atoms with van der Waals surface area (Å²) in [7, 11) is 0. The zero-order valence-electron chi connectivity index (χ0n) is 14.5. The molecule has 1 heterocycles. The zero-order valence-corrected chi connectivity index (χ0v) is 15.3. The maximum absolute atomic E-state index is 12.0. The SMILES string of the molecule is Cc1nn(-c2ccc(C(=O)OCC(=O)C(C)(C)C)cc2)c(C)c1Cl. The number of aryl methyl sites for hydroxylation is 1. The van der Waals surface area contributed by atoms with Crippen LogP contribution in [-0.2, 0) is 9.53 Å². The molecule has 2 rings (SSSR count). The number of hydrogen-bond acceptors (Lipinski definition) is 4. The van der Waals surface area contributed by atoms with Crippen molar-refractivity contribution in [3.8, 4) is 5.69 Å². The fourth-order valence-corrected chi connectivity index (χ4v) is 2.16. The molecule has 0 atom stereocenters. The van der Waals surface area contributed by atoms with Crippen LogP contribution in [-0.4, -0.2) is 28.1 Å². The van der Waals surface area contributed by atoms with Crippen molar-refractivity contribution >= 4 is 23.4 Å². The molecule has 128 valence electrons. The number of hydrogen-bond donors (Lipinski definition) is 0. The average molecular weight is 349 g/mol. The summed E-state index contributed by atoms with van der Waals surface area (Å²) in [4.78, 5) is 23.8. The lowest BCUT2D eigenvalue weighted by atomic mass is 9.91. The van der Waals surface area contributed by atoms with E-state index in [1.807, 2.05) is 13.8 Å². The fraction of sp³-hybridized carbons (Fsp3) is 0.389. The first-order valence-electron chi connectivity index (χ1n) is 7.64. The van der Waals surface area contributed by atoms with E-state index in [1.165, 1.54) is 0 Å². The molecule has 1 aromatic heterocycles. The highest BCUT2D eigenvalue weighted by Gasteiger charge is 2.22. The lowest BCUT2D eigenvalue weighted by molar-refractivity contribution is -0.129. The van der Waals surface area contributed by atoms with Gasteiger partial charge in [0.2, 0.25) is 0 Å². The van der Waals surface area contributed by atoms with Crippen molar-refractivity contribution in [2.75, 3.05) is 6.61 Å². The van der Waals surface area contributed by atoms with E-state index in [0.717, 1.165) is 17.1 Å². The molecule has 0 aliphatic carbocycles. The molecule has 0 unspecified atom stereocenters. The van der Waals surface area contributed by atoms with E-state index in [9.17, 15) is 9.59 Å². The summed E-state index contributed by atoms with van der Waals surface area (Å²) in [5, 5.41) is 4.99. The predicted molar refractivity (Wildman–Crippen MR) is 92.8 cm³/mol. The van der Waals surface area contributed by atoms with Gasteiger partial charge in [0, 0.05) is 5.41 Å². The minimum atomic E-state index is -0.529. The molecule has 5 nitrogen and oxygen atoms in total. The highest BCUT2D eigenvalue weighted by molar-refractivity contribution is 6.31. The maximum Gasteiger partial charge on any atom is 0.338 e. The van der Waals surface area contributed by atoms with E-state index < -0.39 is 11.4 Å². The molecule has 0 bridgehead atoms. The smallest absolute Gasteiger partial charge is 0.338 e. The van der Waals surface area contributed by atoms with Crippen LogP contribution in [0, 0.1) is 19.3 Å². The van der Waals surface area contributed by atoms with Crippen LogP contribution in [0.5, 0.6) is 0 Å². The number of aromatic nitrogens is 2. The number of carbonyl (C=O) groups is 2. The number of nitrogens with zero attached hydrogens (tertiary/aromatic N) is 2. The number of benzene rings is 1. The quantitative estimate of drug-likeness (QED) is 0.786. The van der Waals surface area contributed by atoms with Gasteiger partial charge in [-0.25, -0.2) is 9.48 Å². The second kappa shape index (κ2) is 6.77. The van der Waals surface area contributed by atoms with Crippen LogP contribution in [0.1, 0.15) is 42.5 Å². The number of ketones is 1. The Kier molecular flexibility index (Phi) is 5.13. The number of rotatable bonds is 4. The van der Waals surface area contributed by atoms with Crippen molar-refractivity contribution in [2.24, 2.45) is 5.41 Å². The van der Waals surface area contributed by atoms with Crippen LogP contribution in [0.25, 0.3) is 5.69 Å². The van der Waals surface area contributed by atoms with Gasteiger partial charge in [0.15, 0.2) is 12.4 Å². The molecular weight excluding hydrogens is 328 g/mol. The lowest BCUT2D eigenvalue weighted by Gasteiger charge is -2.16. The molecule has 6 heteroatoms. The average Bonchev–Trinajstić information content (AvgIpc) is 2.79. The highest BCUT2D eigenvalue weighted by atomic mass is 35.5. The third-order valence-electron chi connectivity index (χ3n) is 3.72. The van der Waals surface area contributed by atoms with Crippen LogP contribution < -0.4 is 0 Å². The summed E-state index contributed by atoms with van der Waals surface area (Å²) in [6.07, 6.45) is 0. The molecule has 0 fully saturated rings.